The van der Waals surface area contributed by atoms with Gasteiger partial charge in [0.1, 0.15) is 18.2 Å². The van der Waals surface area contributed by atoms with Crippen molar-refractivity contribution in [3.8, 4) is 5.75 Å². The van der Waals surface area contributed by atoms with Gasteiger partial charge >= 0.3 is 0 Å². The summed E-state index contributed by atoms with van der Waals surface area (Å²) in [5, 5.41) is 3.04. The summed E-state index contributed by atoms with van der Waals surface area (Å²) in [4.78, 5) is 16.6. The SMILES string of the molecule is Cc1cccc(OCCn2c(CCCNC(=O)C3CC3)nc3ccccc32)c1C. The number of hydrogen-bond acceptors (Lipinski definition) is 3. The van der Waals surface area contributed by atoms with Gasteiger partial charge in [0.25, 0.3) is 0 Å². The van der Waals surface area contributed by atoms with Gasteiger partial charge in [-0.15, -0.1) is 0 Å². The Bertz CT molecular complexity index is 1000. The Kier molecular flexibility index (Phi) is 5.84. The fourth-order valence-corrected chi connectivity index (χ4v) is 3.64. The normalized spacial score (nSPS) is 13.6. The molecule has 5 heteroatoms. The van der Waals surface area contributed by atoms with Crippen molar-refractivity contribution in [1.29, 1.82) is 0 Å². The molecule has 1 N–H and O–H groups in total. The number of amides is 1. The van der Waals surface area contributed by atoms with Gasteiger partial charge in [-0.1, -0.05) is 24.3 Å². The number of para-hydroxylation sites is 2. The highest BCUT2D eigenvalue weighted by atomic mass is 16.5. The lowest BCUT2D eigenvalue weighted by atomic mass is 10.1. The second kappa shape index (κ2) is 8.68. The Hall–Kier alpha value is -2.82. The molecule has 1 amide bonds. The summed E-state index contributed by atoms with van der Waals surface area (Å²) in [7, 11) is 0. The van der Waals surface area contributed by atoms with Gasteiger partial charge < -0.3 is 14.6 Å². The largest absolute Gasteiger partial charge is 0.491 e. The zero-order chi connectivity index (χ0) is 20.2. The molecule has 1 aliphatic carbocycles. The Morgan fingerprint density at radius 2 is 2.00 bits per heavy atom. The van der Waals surface area contributed by atoms with E-state index in [9.17, 15) is 4.79 Å². The summed E-state index contributed by atoms with van der Waals surface area (Å²) in [6, 6.07) is 14.4. The Balaban J connectivity index is 1.40. The highest BCUT2D eigenvalue weighted by Crippen LogP contribution is 2.28. The van der Waals surface area contributed by atoms with E-state index in [1.165, 1.54) is 11.1 Å². The van der Waals surface area contributed by atoms with Crippen LogP contribution in [0.15, 0.2) is 42.5 Å². The van der Waals surface area contributed by atoms with Gasteiger partial charge in [0, 0.05) is 18.9 Å². The van der Waals surface area contributed by atoms with Crippen molar-refractivity contribution in [2.45, 2.75) is 46.1 Å². The first-order valence-corrected chi connectivity index (χ1v) is 10.5. The van der Waals surface area contributed by atoms with E-state index >= 15 is 0 Å². The molecule has 0 saturated heterocycles. The molecule has 1 aromatic heterocycles. The third-order valence-electron chi connectivity index (χ3n) is 5.69. The zero-order valence-corrected chi connectivity index (χ0v) is 17.3. The van der Waals surface area contributed by atoms with E-state index in [-0.39, 0.29) is 11.8 Å². The van der Waals surface area contributed by atoms with E-state index in [1.54, 1.807) is 0 Å². The molecule has 29 heavy (non-hydrogen) atoms. The maximum absolute atomic E-state index is 11.8. The van der Waals surface area contributed by atoms with Crippen LogP contribution in [0.5, 0.6) is 5.75 Å². The van der Waals surface area contributed by atoms with Gasteiger partial charge in [0.15, 0.2) is 0 Å². The molecule has 0 radical (unpaired) electrons. The Labute approximate surface area is 172 Å². The van der Waals surface area contributed by atoms with Crippen LogP contribution in [0, 0.1) is 19.8 Å². The van der Waals surface area contributed by atoms with Crippen LogP contribution < -0.4 is 10.1 Å². The predicted molar refractivity (Wildman–Crippen MR) is 115 cm³/mol. The number of aromatic nitrogens is 2. The number of hydrogen-bond donors (Lipinski definition) is 1. The molecule has 0 bridgehead atoms. The van der Waals surface area contributed by atoms with E-state index in [1.807, 2.05) is 24.3 Å². The first-order valence-electron chi connectivity index (χ1n) is 10.5. The molecule has 4 rings (SSSR count). The number of imidazole rings is 1. The summed E-state index contributed by atoms with van der Waals surface area (Å²) in [6.45, 7) is 6.25. The van der Waals surface area contributed by atoms with Crippen molar-refractivity contribution in [2.75, 3.05) is 13.2 Å². The van der Waals surface area contributed by atoms with Crippen molar-refractivity contribution in [2.24, 2.45) is 5.92 Å². The molecule has 3 aromatic rings. The molecule has 0 spiro atoms. The standard InChI is InChI=1S/C24H29N3O2/c1-17-7-5-10-22(18(17)2)29-16-15-27-21-9-4-3-8-20(21)26-23(27)11-6-14-25-24(28)19-12-13-19/h3-5,7-10,19H,6,11-16H2,1-2H3,(H,25,28). The topological polar surface area (TPSA) is 56.1 Å². The van der Waals surface area contributed by atoms with Gasteiger partial charge in [-0.05, 0) is 62.4 Å². The first kappa shape index (κ1) is 19.5. The lowest BCUT2D eigenvalue weighted by Crippen LogP contribution is -2.26. The average Bonchev–Trinajstić information content (AvgIpc) is 3.52. The summed E-state index contributed by atoms with van der Waals surface area (Å²) in [5.41, 5.74) is 4.57. The second-order valence-electron chi connectivity index (χ2n) is 7.88. The number of aryl methyl sites for hydroxylation is 2. The van der Waals surface area contributed by atoms with Crippen LogP contribution in [-0.4, -0.2) is 28.6 Å². The monoisotopic (exact) mass is 391 g/mol. The van der Waals surface area contributed by atoms with Crippen LogP contribution in [0.1, 0.15) is 36.2 Å². The quantitative estimate of drug-likeness (QED) is 0.557. The van der Waals surface area contributed by atoms with Crippen LogP contribution in [0.3, 0.4) is 0 Å². The molecule has 1 heterocycles. The van der Waals surface area contributed by atoms with Gasteiger partial charge in [-0.3, -0.25) is 4.79 Å². The van der Waals surface area contributed by atoms with Crippen molar-refractivity contribution in [1.82, 2.24) is 14.9 Å². The minimum Gasteiger partial charge on any atom is -0.491 e. The van der Waals surface area contributed by atoms with E-state index < -0.39 is 0 Å². The summed E-state index contributed by atoms with van der Waals surface area (Å²) >= 11 is 0. The molecule has 0 atom stereocenters. The average molecular weight is 392 g/mol. The van der Waals surface area contributed by atoms with Crippen molar-refractivity contribution in [3.05, 3.63) is 59.4 Å². The van der Waals surface area contributed by atoms with Crippen LogP contribution >= 0.6 is 0 Å². The van der Waals surface area contributed by atoms with Crippen molar-refractivity contribution in [3.63, 3.8) is 0 Å². The zero-order valence-electron chi connectivity index (χ0n) is 17.3. The molecule has 0 aliphatic heterocycles. The van der Waals surface area contributed by atoms with E-state index in [2.05, 4.69) is 41.9 Å². The third-order valence-corrected chi connectivity index (χ3v) is 5.69. The van der Waals surface area contributed by atoms with Gasteiger partial charge in [0.05, 0.1) is 17.6 Å². The molecule has 1 fully saturated rings. The molecule has 0 unspecified atom stereocenters. The number of rotatable bonds is 9. The molecule has 1 saturated carbocycles. The number of fused-ring (bicyclic) bond motifs is 1. The molecule has 2 aromatic carbocycles. The van der Waals surface area contributed by atoms with Gasteiger partial charge in [-0.2, -0.15) is 0 Å². The summed E-state index contributed by atoms with van der Waals surface area (Å²) < 4.78 is 8.33. The van der Waals surface area contributed by atoms with E-state index in [0.717, 1.165) is 54.8 Å². The number of benzene rings is 2. The third kappa shape index (κ3) is 4.61. The maximum atomic E-state index is 11.8. The van der Waals surface area contributed by atoms with Gasteiger partial charge in [-0.25, -0.2) is 4.98 Å². The maximum Gasteiger partial charge on any atom is 0.223 e. The number of carbonyl (C=O) groups excluding carboxylic acids is 1. The van der Waals surface area contributed by atoms with Crippen molar-refractivity contribution < 1.29 is 9.53 Å². The summed E-state index contributed by atoms with van der Waals surface area (Å²) in [6.07, 6.45) is 3.81. The van der Waals surface area contributed by atoms with Crippen LogP contribution in [0.4, 0.5) is 0 Å². The fourth-order valence-electron chi connectivity index (χ4n) is 3.64. The minimum atomic E-state index is 0.209. The molecular weight excluding hydrogens is 362 g/mol. The van der Waals surface area contributed by atoms with E-state index in [4.69, 9.17) is 9.72 Å². The van der Waals surface area contributed by atoms with Crippen LogP contribution in [-0.2, 0) is 17.8 Å². The Morgan fingerprint density at radius 1 is 1.17 bits per heavy atom. The molecule has 1 aliphatic rings. The minimum absolute atomic E-state index is 0.209. The predicted octanol–water partition coefficient (Wildman–Crippen LogP) is 4.19. The fraction of sp³-hybridized carbons (Fsp3) is 0.417. The number of nitrogens with one attached hydrogen (secondary N) is 1. The smallest absolute Gasteiger partial charge is 0.223 e. The highest BCUT2D eigenvalue weighted by molar-refractivity contribution is 5.80. The van der Waals surface area contributed by atoms with Gasteiger partial charge in [0.2, 0.25) is 5.91 Å². The highest BCUT2D eigenvalue weighted by Gasteiger charge is 2.29. The number of nitrogens with zero attached hydrogens (tertiary/aromatic N) is 2. The van der Waals surface area contributed by atoms with Crippen LogP contribution in [0.25, 0.3) is 11.0 Å². The number of carbonyl (C=O) groups is 1. The molecule has 152 valence electrons. The lowest BCUT2D eigenvalue weighted by Gasteiger charge is -2.13. The van der Waals surface area contributed by atoms with E-state index in [0.29, 0.717) is 13.2 Å². The summed E-state index contributed by atoms with van der Waals surface area (Å²) in [5.74, 6) is 2.47. The second-order valence-corrected chi connectivity index (χ2v) is 7.88. The first-order chi connectivity index (χ1) is 14.1. The molecule has 5 nitrogen and oxygen atoms in total. The number of ether oxygens (including phenoxy) is 1. The van der Waals surface area contributed by atoms with Crippen LogP contribution in [0.2, 0.25) is 0 Å². The molecular formula is C24H29N3O2. The van der Waals surface area contributed by atoms with Crippen molar-refractivity contribution >= 4 is 16.9 Å². The Morgan fingerprint density at radius 3 is 2.83 bits per heavy atom. The lowest BCUT2D eigenvalue weighted by molar-refractivity contribution is -0.122.